The normalized spacial score (nSPS) is 16.8. The summed E-state index contributed by atoms with van der Waals surface area (Å²) in [4.78, 5) is 27.0. The van der Waals surface area contributed by atoms with E-state index in [1.165, 1.54) is 0 Å². The molecule has 2 amide bonds. The highest BCUT2D eigenvalue weighted by molar-refractivity contribution is 5.85. The maximum absolute atomic E-state index is 12.8. The number of rotatable bonds is 10. The Morgan fingerprint density at radius 2 is 1.95 bits per heavy atom. The minimum Gasteiger partial charge on any atom is -0.444 e. The van der Waals surface area contributed by atoms with Gasteiger partial charge in [-0.3, -0.25) is 9.20 Å². The van der Waals surface area contributed by atoms with Gasteiger partial charge < -0.3 is 30.5 Å². The lowest BCUT2D eigenvalue weighted by atomic mass is 10.00. The van der Waals surface area contributed by atoms with Crippen molar-refractivity contribution in [2.75, 3.05) is 26.3 Å². The number of nitrogens with two attached hydrogens (primary N) is 1. The van der Waals surface area contributed by atoms with Gasteiger partial charge in [-0.05, 0) is 44.2 Å². The summed E-state index contributed by atoms with van der Waals surface area (Å²) in [6.45, 7) is 5.00. The summed E-state index contributed by atoms with van der Waals surface area (Å²) in [5, 5.41) is 20.9. The second-order valence-corrected chi connectivity index (χ2v) is 10.3. The van der Waals surface area contributed by atoms with Crippen molar-refractivity contribution in [3.05, 3.63) is 65.6 Å². The fraction of sp³-hybridized carbons (Fsp3) is 0.481. The first kappa shape index (κ1) is 27.5. The van der Waals surface area contributed by atoms with Gasteiger partial charge >= 0.3 is 6.09 Å². The van der Waals surface area contributed by atoms with Gasteiger partial charge in [0.15, 0.2) is 11.5 Å². The molecule has 2 aromatic heterocycles. The maximum atomic E-state index is 12.8. The quantitative estimate of drug-likeness (QED) is 0.366. The van der Waals surface area contributed by atoms with Crippen LogP contribution in [0.15, 0.2) is 48.7 Å². The number of nitrogens with one attached hydrogen (secondary N) is 1. The van der Waals surface area contributed by atoms with E-state index in [-0.39, 0.29) is 31.6 Å². The summed E-state index contributed by atoms with van der Waals surface area (Å²) < 4.78 is 13.2. The van der Waals surface area contributed by atoms with Gasteiger partial charge in [-0.1, -0.05) is 36.4 Å². The number of carbonyl (C=O) groups excluding carboxylic acids is 2. The van der Waals surface area contributed by atoms with Crippen molar-refractivity contribution in [2.45, 2.75) is 51.5 Å². The molecule has 4 N–H and O–H groups in total. The van der Waals surface area contributed by atoms with Gasteiger partial charge in [0, 0.05) is 31.5 Å². The zero-order valence-corrected chi connectivity index (χ0v) is 21.9. The van der Waals surface area contributed by atoms with Gasteiger partial charge in [0.05, 0.1) is 18.8 Å². The number of aromatic nitrogens is 3. The number of pyridine rings is 1. The first-order valence-electron chi connectivity index (χ1n) is 12.8. The minimum absolute atomic E-state index is 0.0596. The standard InChI is InChI=1S/C27H36N6O5/c1-27(2,28)25(35)29-22(18-37-16-19-7-4-3-5-8-19)24-31-30-23-11-10-21(14-33(23)24)17-38-26(36)32-12-6-9-20(13-32)15-34/h3-5,7-8,10-11,14,20,22,34H,6,9,12-13,15-18,28H2,1-2H3,(H,29,35)/t20?,22-/m1/s1. The number of aliphatic hydroxyl groups is 1. The van der Waals surface area contributed by atoms with E-state index in [9.17, 15) is 14.7 Å². The maximum Gasteiger partial charge on any atom is 0.410 e. The van der Waals surface area contributed by atoms with Crippen molar-refractivity contribution in [3.8, 4) is 0 Å². The molecule has 1 aliphatic rings. The highest BCUT2D eigenvalue weighted by atomic mass is 16.6. The van der Waals surface area contributed by atoms with Crippen LogP contribution in [-0.2, 0) is 27.5 Å². The molecule has 3 heterocycles. The van der Waals surface area contributed by atoms with Crippen LogP contribution in [0.5, 0.6) is 0 Å². The monoisotopic (exact) mass is 524 g/mol. The third kappa shape index (κ3) is 7.06. The molecular weight excluding hydrogens is 488 g/mol. The second-order valence-electron chi connectivity index (χ2n) is 10.3. The third-order valence-corrected chi connectivity index (χ3v) is 6.49. The van der Waals surface area contributed by atoms with Crippen molar-refractivity contribution >= 4 is 17.6 Å². The molecule has 38 heavy (non-hydrogen) atoms. The number of benzene rings is 1. The molecule has 3 aromatic rings. The fourth-order valence-corrected chi connectivity index (χ4v) is 4.29. The number of fused-ring (bicyclic) bond motifs is 1. The van der Waals surface area contributed by atoms with Crippen molar-refractivity contribution in [2.24, 2.45) is 11.7 Å². The Bertz CT molecular complexity index is 1230. The number of nitrogens with zero attached hydrogens (tertiary/aromatic N) is 4. The van der Waals surface area contributed by atoms with Crippen molar-refractivity contribution in [3.63, 3.8) is 0 Å². The van der Waals surface area contributed by atoms with E-state index >= 15 is 0 Å². The first-order chi connectivity index (χ1) is 18.2. The Morgan fingerprint density at radius 3 is 2.68 bits per heavy atom. The van der Waals surface area contributed by atoms with E-state index in [4.69, 9.17) is 15.2 Å². The molecule has 1 aromatic carbocycles. The number of hydrogen-bond acceptors (Lipinski definition) is 8. The molecule has 1 fully saturated rings. The van der Waals surface area contributed by atoms with E-state index in [0.717, 1.165) is 24.0 Å². The Hall–Kier alpha value is -3.54. The Balaban J connectivity index is 1.48. The van der Waals surface area contributed by atoms with Crippen molar-refractivity contribution in [1.29, 1.82) is 0 Å². The smallest absolute Gasteiger partial charge is 0.410 e. The van der Waals surface area contributed by atoms with Crippen LogP contribution in [0.3, 0.4) is 0 Å². The van der Waals surface area contributed by atoms with E-state index in [1.807, 2.05) is 36.4 Å². The summed E-state index contributed by atoms with van der Waals surface area (Å²) in [6.07, 6.45) is 3.13. The topological polar surface area (TPSA) is 144 Å². The molecule has 1 aliphatic heterocycles. The minimum atomic E-state index is -1.10. The van der Waals surface area contributed by atoms with Crippen molar-refractivity contribution < 1.29 is 24.2 Å². The van der Waals surface area contributed by atoms with Crippen LogP contribution >= 0.6 is 0 Å². The molecule has 204 valence electrons. The summed E-state index contributed by atoms with van der Waals surface area (Å²) in [6, 6.07) is 12.7. The highest BCUT2D eigenvalue weighted by Gasteiger charge is 2.28. The Labute approximate surface area is 221 Å². The highest BCUT2D eigenvalue weighted by Crippen LogP contribution is 2.19. The predicted molar refractivity (Wildman–Crippen MR) is 140 cm³/mol. The number of aliphatic hydroxyl groups excluding tert-OH is 1. The van der Waals surface area contributed by atoms with Crippen LogP contribution in [-0.4, -0.2) is 68.4 Å². The zero-order valence-electron chi connectivity index (χ0n) is 21.9. The molecule has 0 spiro atoms. The number of carbonyl (C=O) groups is 2. The van der Waals surface area contributed by atoms with E-state index in [2.05, 4.69) is 15.5 Å². The van der Waals surface area contributed by atoms with Gasteiger partial charge in [0.25, 0.3) is 0 Å². The predicted octanol–water partition coefficient (Wildman–Crippen LogP) is 2.18. The molecule has 4 rings (SSSR count). The lowest BCUT2D eigenvalue weighted by Gasteiger charge is -2.31. The number of ether oxygens (including phenoxy) is 2. The van der Waals surface area contributed by atoms with Gasteiger partial charge in [-0.25, -0.2) is 4.79 Å². The molecule has 2 atom stereocenters. The number of hydrogen-bond donors (Lipinski definition) is 3. The summed E-state index contributed by atoms with van der Waals surface area (Å²) in [5.74, 6) is 0.206. The summed E-state index contributed by atoms with van der Waals surface area (Å²) in [7, 11) is 0. The number of piperidine rings is 1. The van der Waals surface area contributed by atoms with E-state index in [1.54, 1.807) is 35.4 Å². The molecule has 1 saturated heterocycles. The molecule has 1 unspecified atom stereocenters. The first-order valence-corrected chi connectivity index (χ1v) is 12.8. The van der Waals surface area contributed by atoms with Gasteiger partial charge in [-0.15, -0.1) is 10.2 Å². The fourth-order valence-electron chi connectivity index (χ4n) is 4.29. The van der Waals surface area contributed by atoms with Crippen LogP contribution < -0.4 is 11.1 Å². The lowest BCUT2D eigenvalue weighted by molar-refractivity contribution is -0.126. The lowest BCUT2D eigenvalue weighted by Crippen LogP contribution is -2.50. The average molecular weight is 525 g/mol. The van der Waals surface area contributed by atoms with Crippen LogP contribution in [0, 0.1) is 5.92 Å². The molecule has 0 bridgehead atoms. The Morgan fingerprint density at radius 1 is 1.16 bits per heavy atom. The number of likely N-dealkylation sites (tertiary alicyclic amines) is 1. The van der Waals surface area contributed by atoms with Gasteiger partial charge in [0.2, 0.25) is 5.91 Å². The second kappa shape index (κ2) is 12.3. The summed E-state index contributed by atoms with van der Waals surface area (Å²) >= 11 is 0. The third-order valence-electron chi connectivity index (χ3n) is 6.49. The Kier molecular flexibility index (Phi) is 8.93. The SMILES string of the molecule is CC(C)(N)C(=O)N[C@H](COCc1ccccc1)c1nnc2ccc(COC(=O)N3CCCC(CO)C3)cn12. The number of amides is 2. The molecular formula is C27H36N6O5. The van der Waals surface area contributed by atoms with Gasteiger partial charge in [0.1, 0.15) is 12.6 Å². The molecule has 0 radical (unpaired) electrons. The molecule has 11 nitrogen and oxygen atoms in total. The van der Waals surface area contributed by atoms with Crippen LogP contribution in [0.4, 0.5) is 4.79 Å². The molecule has 11 heteroatoms. The van der Waals surface area contributed by atoms with E-state index < -0.39 is 17.7 Å². The largest absolute Gasteiger partial charge is 0.444 e. The summed E-state index contributed by atoms with van der Waals surface area (Å²) in [5.41, 5.74) is 7.24. The average Bonchev–Trinajstić information content (AvgIpc) is 3.34. The van der Waals surface area contributed by atoms with Crippen molar-refractivity contribution in [1.82, 2.24) is 24.8 Å². The van der Waals surface area contributed by atoms with E-state index in [0.29, 0.717) is 31.2 Å². The molecule has 0 saturated carbocycles. The van der Waals surface area contributed by atoms with Crippen LogP contribution in [0.2, 0.25) is 0 Å². The van der Waals surface area contributed by atoms with Crippen LogP contribution in [0.25, 0.3) is 5.65 Å². The van der Waals surface area contributed by atoms with Crippen LogP contribution in [0.1, 0.15) is 49.7 Å². The molecule has 0 aliphatic carbocycles. The zero-order chi connectivity index (χ0) is 27.1. The van der Waals surface area contributed by atoms with Gasteiger partial charge in [-0.2, -0.15) is 0 Å².